The molecule has 0 amide bonds. The van der Waals surface area contributed by atoms with Crippen LogP contribution in [-0.2, 0) is 0 Å². The monoisotopic (exact) mass is 251 g/mol. The summed E-state index contributed by atoms with van der Waals surface area (Å²) in [6, 6.07) is 0.705. The molecule has 18 heavy (non-hydrogen) atoms. The minimum atomic E-state index is 0.705. The molecule has 1 unspecified atom stereocenters. The largest absolute Gasteiger partial charge is 0.250 e. The third-order valence-corrected chi connectivity index (χ3v) is 3.75. The zero-order valence-corrected chi connectivity index (χ0v) is 12.3. The zero-order chi connectivity index (χ0) is 13.1. The van der Waals surface area contributed by atoms with Gasteiger partial charge in [-0.3, -0.25) is 4.98 Å². The Morgan fingerprint density at radius 1 is 0.889 bits per heavy atom. The van der Waals surface area contributed by atoms with E-state index in [-0.39, 0.29) is 0 Å². The molecule has 0 spiro atoms. The number of rotatable bonds is 11. The number of imidazole rings is 1. The molecule has 1 heterocycles. The first-order chi connectivity index (χ1) is 8.88. The van der Waals surface area contributed by atoms with Crippen LogP contribution in [0.1, 0.15) is 84.1 Å². The first-order valence-electron chi connectivity index (χ1n) is 7.92. The molecule has 0 aromatic carbocycles. The average Bonchev–Trinajstić information content (AvgIpc) is 2.90. The van der Waals surface area contributed by atoms with E-state index in [0.29, 0.717) is 6.04 Å². The molecule has 0 aliphatic rings. The third-order valence-electron chi connectivity index (χ3n) is 3.75. The van der Waals surface area contributed by atoms with E-state index >= 15 is 0 Å². The Labute approximate surface area is 113 Å². The lowest BCUT2D eigenvalue weighted by Gasteiger charge is -2.12. The third kappa shape index (κ3) is 6.23. The predicted octanol–water partition coefficient (Wildman–Crippen LogP) is 4.78. The fourth-order valence-electron chi connectivity index (χ4n) is 2.64. The van der Waals surface area contributed by atoms with E-state index < -0.39 is 0 Å². The number of aromatic amines is 1. The number of nitrogens with one attached hydrogen (secondary N) is 1. The summed E-state index contributed by atoms with van der Waals surface area (Å²) in [5.74, 6) is 0. The van der Waals surface area contributed by atoms with E-state index in [2.05, 4.69) is 35.9 Å². The van der Waals surface area contributed by atoms with Crippen molar-refractivity contribution in [3.8, 4) is 0 Å². The Balaban J connectivity index is 2.11. The molecular weight excluding hydrogens is 220 g/mol. The van der Waals surface area contributed by atoms with E-state index in [1.165, 1.54) is 64.2 Å². The van der Waals surface area contributed by atoms with Crippen molar-refractivity contribution in [3.63, 3.8) is 0 Å². The summed E-state index contributed by atoms with van der Waals surface area (Å²) in [5, 5.41) is 0. The highest BCUT2D eigenvalue weighted by molar-refractivity contribution is 4.60. The molecule has 0 radical (unpaired) electrons. The molecule has 1 aromatic rings. The van der Waals surface area contributed by atoms with Gasteiger partial charge < -0.3 is 0 Å². The number of hydrogen-bond donors (Lipinski definition) is 1. The zero-order valence-electron chi connectivity index (χ0n) is 12.3. The maximum Gasteiger partial charge on any atom is 0.241 e. The molecule has 0 bridgehead atoms. The summed E-state index contributed by atoms with van der Waals surface area (Å²) in [4.78, 5) is 3.16. The topological polar surface area (TPSA) is 19.7 Å². The van der Waals surface area contributed by atoms with Crippen molar-refractivity contribution < 1.29 is 4.57 Å². The second kappa shape index (κ2) is 10.2. The van der Waals surface area contributed by atoms with Crippen LogP contribution in [0.25, 0.3) is 0 Å². The van der Waals surface area contributed by atoms with Gasteiger partial charge in [0.1, 0.15) is 18.4 Å². The Bertz CT molecular complexity index is 267. The summed E-state index contributed by atoms with van der Waals surface area (Å²) in [6.07, 6.45) is 20.1. The minimum absolute atomic E-state index is 0.705. The quantitative estimate of drug-likeness (QED) is 0.431. The van der Waals surface area contributed by atoms with Crippen molar-refractivity contribution in [2.45, 2.75) is 84.1 Å². The average molecular weight is 251 g/mol. The standard InChI is InChI=1S/C16H30N2/c1-3-5-6-7-8-9-10-12-16(11-4-2)18-14-13-17-15-18/h13-16H,3-12H2,1-2H3/p+1. The van der Waals surface area contributed by atoms with Crippen LogP contribution < -0.4 is 4.57 Å². The number of H-pyrrole nitrogens is 1. The van der Waals surface area contributed by atoms with E-state index in [1.807, 2.05) is 6.20 Å². The molecule has 0 fully saturated rings. The molecule has 2 heteroatoms. The van der Waals surface area contributed by atoms with Crippen LogP contribution in [0.5, 0.6) is 0 Å². The highest BCUT2D eigenvalue weighted by atomic mass is 15.0. The normalized spacial score (nSPS) is 12.8. The van der Waals surface area contributed by atoms with Crippen molar-refractivity contribution >= 4 is 0 Å². The summed E-state index contributed by atoms with van der Waals surface area (Å²) in [7, 11) is 0. The lowest BCUT2D eigenvalue weighted by Crippen LogP contribution is -2.36. The molecule has 1 N–H and O–H groups in total. The van der Waals surface area contributed by atoms with Gasteiger partial charge in [0, 0.05) is 0 Å². The summed E-state index contributed by atoms with van der Waals surface area (Å²) < 4.78 is 2.35. The second-order valence-electron chi connectivity index (χ2n) is 5.41. The van der Waals surface area contributed by atoms with Gasteiger partial charge >= 0.3 is 0 Å². The molecule has 1 rings (SSSR count). The Morgan fingerprint density at radius 3 is 2.22 bits per heavy atom. The van der Waals surface area contributed by atoms with Crippen molar-refractivity contribution in [1.82, 2.24) is 4.98 Å². The summed E-state index contributed by atoms with van der Waals surface area (Å²) >= 11 is 0. The first kappa shape index (κ1) is 15.3. The highest BCUT2D eigenvalue weighted by Gasteiger charge is 2.13. The van der Waals surface area contributed by atoms with Gasteiger partial charge in [0.15, 0.2) is 0 Å². The van der Waals surface area contributed by atoms with Gasteiger partial charge in [-0.2, -0.15) is 0 Å². The van der Waals surface area contributed by atoms with E-state index in [1.54, 1.807) is 0 Å². The van der Waals surface area contributed by atoms with Crippen LogP contribution >= 0.6 is 0 Å². The molecule has 0 aliphatic heterocycles. The van der Waals surface area contributed by atoms with Gasteiger partial charge in [-0.25, -0.2) is 4.57 Å². The maximum atomic E-state index is 3.16. The Hall–Kier alpha value is -0.790. The maximum absolute atomic E-state index is 3.16. The van der Waals surface area contributed by atoms with E-state index in [0.717, 1.165) is 0 Å². The second-order valence-corrected chi connectivity index (χ2v) is 5.41. The molecular formula is C16H31N2+. The van der Waals surface area contributed by atoms with Gasteiger partial charge in [0.25, 0.3) is 0 Å². The lowest BCUT2D eigenvalue weighted by atomic mass is 10.0. The number of hydrogen-bond acceptors (Lipinski definition) is 0. The van der Waals surface area contributed by atoms with Crippen LogP contribution in [0.3, 0.4) is 0 Å². The fraction of sp³-hybridized carbons (Fsp3) is 0.812. The van der Waals surface area contributed by atoms with Crippen LogP contribution in [0.15, 0.2) is 18.7 Å². The molecule has 104 valence electrons. The summed E-state index contributed by atoms with van der Waals surface area (Å²) in [5.41, 5.74) is 0. The molecule has 0 saturated heterocycles. The van der Waals surface area contributed by atoms with E-state index in [4.69, 9.17) is 0 Å². The van der Waals surface area contributed by atoms with Crippen LogP contribution in [0, 0.1) is 0 Å². The van der Waals surface area contributed by atoms with Gasteiger partial charge in [-0.1, -0.05) is 58.8 Å². The van der Waals surface area contributed by atoms with Gasteiger partial charge in [-0.15, -0.1) is 0 Å². The first-order valence-corrected chi connectivity index (χ1v) is 7.92. The van der Waals surface area contributed by atoms with Crippen molar-refractivity contribution in [3.05, 3.63) is 18.7 Å². The minimum Gasteiger partial charge on any atom is -0.250 e. The molecule has 0 aliphatic carbocycles. The predicted molar refractivity (Wildman–Crippen MR) is 77.5 cm³/mol. The smallest absolute Gasteiger partial charge is 0.241 e. The number of unbranched alkanes of at least 4 members (excludes halogenated alkanes) is 6. The van der Waals surface area contributed by atoms with Crippen LogP contribution in [0.2, 0.25) is 0 Å². The molecule has 2 nitrogen and oxygen atoms in total. The van der Waals surface area contributed by atoms with Crippen LogP contribution in [-0.4, -0.2) is 4.98 Å². The molecule has 1 atom stereocenters. The number of nitrogens with zero attached hydrogens (tertiary/aromatic N) is 1. The van der Waals surface area contributed by atoms with Crippen molar-refractivity contribution in [2.75, 3.05) is 0 Å². The van der Waals surface area contributed by atoms with E-state index in [9.17, 15) is 0 Å². The van der Waals surface area contributed by atoms with Gasteiger partial charge in [0.2, 0.25) is 6.33 Å². The number of aromatic nitrogens is 2. The molecule has 0 saturated carbocycles. The van der Waals surface area contributed by atoms with Gasteiger partial charge in [0.05, 0.1) is 0 Å². The van der Waals surface area contributed by atoms with Crippen molar-refractivity contribution in [1.29, 1.82) is 0 Å². The SMILES string of the molecule is CCCCCCCCCC(CCC)[n+]1cc[nH]c1. The van der Waals surface area contributed by atoms with Crippen LogP contribution in [0.4, 0.5) is 0 Å². The van der Waals surface area contributed by atoms with Gasteiger partial charge in [-0.05, 0) is 19.3 Å². The Kier molecular flexibility index (Phi) is 8.62. The lowest BCUT2D eigenvalue weighted by molar-refractivity contribution is -0.723. The van der Waals surface area contributed by atoms with Crippen molar-refractivity contribution in [2.24, 2.45) is 0 Å². The Morgan fingerprint density at radius 2 is 1.61 bits per heavy atom. The molecule has 1 aromatic heterocycles. The highest BCUT2D eigenvalue weighted by Crippen LogP contribution is 2.16. The fourth-order valence-corrected chi connectivity index (χ4v) is 2.64. The summed E-state index contributed by atoms with van der Waals surface area (Å²) in [6.45, 7) is 4.56.